The van der Waals surface area contributed by atoms with Crippen LogP contribution in [0.1, 0.15) is 103 Å². The number of allylic oxidation sites excluding steroid dienone is 4. The van der Waals surface area contributed by atoms with E-state index in [4.69, 9.17) is 0 Å². The Balaban J connectivity index is 0.00000400. The normalized spacial score (nSPS) is 13.1. The molecule has 1 aliphatic carbocycles. The summed E-state index contributed by atoms with van der Waals surface area (Å²) in [5, 5.41) is 6.08. The first-order chi connectivity index (χ1) is 17.5. The van der Waals surface area contributed by atoms with Crippen LogP contribution in [0, 0.1) is 11.5 Å². The number of hydrogen-bond acceptors (Lipinski definition) is 0. The Labute approximate surface area is 285 Å². The molecule has 0 atom stereocenters. The van der Waals surface area contributed by atoms with Crippen molar-refractivity contribution in [3.63, 3.8) is 0 Å². The fourth-order valence-electron chi connectivity index (χ4n) is 5.87. The van der Waals surface area contributed by atoms with Crippen molar-refractivity contribution in [2.45, 2.75) is 86.5 Å². The van der Waals surface area contributed by atoms with Crippen LogP contribution in [0.3, 0.4) is 0 Å². The minimum Gasteiger partial charge on any atom is -1.00 e. The van der Waals surface area contributed by atoms with Crippen molar-refractivity contribution in [3.8, 4) is 0 Å². The van der Waals surface area contributed by atoms with Crippen LogP contribution in [0.5, 0.6) is 0 Å². The summed E-state index contributed by atoms with van der Waals surface area (Å²) in [4.78, 5) is 0. The summed E-state index contributed by atoms with van der Waals surface area (Å²) in [6, 6.07) is 28.7. The van der Waals surface area contributed by atoms with Crippen molar-refractivity contribution in [1.82, 2.24) is 0 Å². The van der Waals surface area contributed by atoms with E-state index in [0.717, 1.165) is 6.42 Å². The molecule has 1 aliphatic rings. The Bertz CT molecular complexity index is 1210. The largest absolute Gasteiger partial charge is 4.00 e. The topological polar surface area (TPSA) is 0 Å². The van der Waals surface area contributed by atoms with E-state index in [1.54, 1.807) is 5.20 Å². The zero-order valence-corrected chi connectivity index (χ0v) is 30.9. The van der Waals surface area contributed by atoms with Gasteiger partial charge in [-0.1, -0.05) is 157 Å². The molecule has 0 aromatic heterocycles. The molecule has 0 saturated heterocycles. The minimum absolute atomic E-state index is 0. The molecule has 4 rings (SSSR count). The Morgan fingerprint density at radius 1 is 0.610 bits per heavy atom. The van der Waals surface area contributed by atoms with Gasteiger partial charge in [-0.25, -0.2) is 10.8 Å². The van der Waals surface area contributed by atoms with Crippen LogP contribution >= 0.6 is 0 Å². The van der Waals surface area contributed by atoms with Crippen molar-refractivity contribution in [2.75, 3.05) is 0 Å². The van der Waals surface area contributed by atoms with Crippen LogP contribution in [0.15, 0.2) is 89.6 Å². The van der Waals surface area contributed by atoms with E-state index in [9.17, 15) is 0 Å². The van der Waals surface area contributed by atoms with Gasteiger partial charge in [-0.05, 0) is 39.9 Å². The van der Waals surface area contributed by atoms with E-state index in [1.807, 2.05) is 0 Å². The maximum Gasteiger partial charge on any atom is 4.00 e. The first-order valence-electron chi connectivity index (χ1n) is 14.1. The molecular formula is C36H45Cl3SiTi. The average molecular weight is 660 g/mol. The first-order valence-corrected chi connectivity index (χ1v) is 16.1. The molecule has 0 unspecified atom stereocenters. The standard InChI is InChI=1S/C36H45Si.3ClH.Ti/c1-25(2)28-14-10-17-31(22-28)37(32-18-11-15-29(23-32)26(3)4,33-19-12-16-30(24-33)27(5)6)35-21-13-20-34(35)36(7,8)9;;;;/h10-19,22-27H,21H2,1-9H3;3*1H;/q-1;;;;+4/p-3. The molecule has 0 nitrogen and oxygen atoms in total. The average Bonchev–Trinajstić information content (AvgIpc) is 3.36. The molecule has 218 valence electrons. The third-order valence-electron chi connectivity index (χ3n) is 8.02. The summed E-state index contributed by atoms with van der Waals surface area (Å²) in [5.41, 5.74) is 5.69. The first kappa shape index (κ1) is 39.9. The van der Waals surface area contributed by atoms with Gasteiger partial charge < -0.3 is 37.2 Å². The van der Waals surface area contributed by atoms with Crippen LogP contribution < -0.4 is 52.8 Å². The van der Waals surface area contributed by atoms with Gasteiger partial charge in [0, 0.05) is 0 Å². The van der Waals surface area contributed by atoms with Gasteiger partial charge in [-0.15, -0.1) is 0 Å². The van der Waals surface area contributed by atoms with Gasteiger partial charge in [0.25, 0.3) is 0 Å². The number of hydrogen-bond donors (Lipinski definition) is 0. The van der Waals surface area contributed by atoms with Crippen molar-refractivity contribution in [1.29, 1.82) is 0 Å². The van der Waals surface area contributed by atoms with Crippen LogP contribution in [-0.2, 0) is 21.7 Å². The van der Waals surface area contributed by atoms with Crippen molar-refractivity contribution in [2.24, 2.45) is 5.41 Å². The van der Waals surface area contributed by atoms with E-state index >= 15 is 0 Å². The molecule has 3 aromatic rings. The van der Waals surface area contributed by atoms with Crippen LogP contribution in [0.2, 0.25) is 0 Å². The second kappa shape index (κ2) is 16.1. The third-order valence-corrected chi connectivity index (χ3v) is 12.9. The van der Waals surface area contributed by atoms with Gasteiger partial charge in [-0.3, -0.25) is 6.08 Å². The zero-order chi connectivity index (χ0) is 27.0. The van der Waals surface area contributed by atoms with Gasteiger partial charge in [-0.2, -0.15) is 6.08 Å². The molecule has 0 aliphatic heterocycles. The van der Waals surface area contributed by atoms with Gasteiger partial charge in [0.2, 0.25) is 0 Å². The van der Waals surface area contributed by atoms with E-state index < -0.39 is 8.07 Å². The van der Waals surface area contributed by atoms with Gasteiger partial charge in [0.05, 0.1) is 8.07 Å². The quantitative estimate of drug-likeness (QED) is 0.177. The van der Waals surface area contributed by atoms with Gasteiger partial charge in [0.1, 0.15) is 0 Å². The maximum absolute atomic E-state index is 3.76. The molecule has 0 bridgehead atoms. The van der Waals surface area contributed by atoms with Crippen LogP contribution in [0.4, 0.5) is 0 Å². The molecule has 41 heavy (non-hydrogen) atoms. The summed E-state index contributed by atoms with van der Waals surface area (Å²) in [5.74, 6) is 1.46. The zero-order valence-electron chi connectivity index (χ0n) is 26.1. The van der Waals surface area contributed by atoms with E-state index in [0.29, 0.717) is 17.8 Å². The smallest absolute Gasteiger partial charge is 1.00 e. The van der Waals surface area contributed by atoms with E-state index in [1.165, 1.54) is 37.8 Å². The number of halogens is 3. The predicted molar refractivity (Wildman–Crippen MR) is 165 cm³/mol. The monoisotopic (exact) mass is 658 g/mol. The Kier molecular flexibility index (Phi) is 15.7. The summed E-state index contributed by atoms with van der Waals surface area (Å²) < 4.78 is 0. The van der Waals surface area contributed by atoms with Crippen molar-refractivity contribution in [3.05, 3.63) is 112 Å². The molecule has 0 saturated carbocycles. The minimum atomic E-state index is -2.61. The summed E-state index contributed by atoms with van der Waals surface area (Å²) in [6.07, 6.45) is 7.03. The summed E-state index contributed by atoms with van der Waals surface area (Å²) >= 11 is 0. The van der Waals surface area contributed by atoms with Gasteiger partial charge in [0.15, 0.2) is 0 Å². The SMILES string of the molecule is CC(C)c1cccc([Si](C2=C(C(C)(C)C)[C-]=CC2)(c2cccc(C(C)C)c2)c2cccc(C(C)C)c2)c1.[Cl-].[Cl-].[Cl-].[Ti+4]. The third kappa shape index (κ3) is 8.11. The fourth-order valence-corrected chi connectivity index (χ4v) is 11.3. The van der Waals surface area contributed by atoms with Crippen molar-refractivity contribution >= 4 is 23.6 Å². The molecule has 0 fully saturated rings. The molecule has 5 heteroatoms. The molecule has 0 amide bonds. The van der Waals surface area contributed by atoms with Crippen molar-refractivity contribution < 1.29 is 58.9 Å². The summed E-state index contributed by atoms with van der Waals surface area (Å²) in [6.45, 7) is 20.9. The van der Waals surface area contributed by atoms with E-state index in [2.05, 4.69) is 147 Å². The molecule has 0 spiro atoms. The number of rotatable bonds is 7. The molecular weight excluding hydrogens is 615 g/mol. The van der Waals surface area contributed by atoms with Crippen LogP contribution in [-0.4, -0.2) is 8.07 Å². The summed E-state index contributed by atoms with van der Waals surface area (Å²) in [7, 11) is -2.61. The second-order valence-corrected chi connectivity index (χ2v) is 16.6. The Morgan fingerprint density at radius 3 is 1.24 bits per heavy atom. The van der Waals surface area contributed by atoms with E-state index in [-0.39, 0.29) is 64.4 Å². The molecule has 0 radical (unpaired) electrons. The maximum atomic E-state index is 3.76. The second-order valence-electron chi connectivity index (χ2n) is 12.7. The molecule has 0 N–H and O–H groups in total. The fraction of sp³-hybridized carbons (Fsp3) is 0.389. The predicted octanol–water partition coefficient (Wildman–Crippen LogP) is -0.819. The molecule has 0 heterocycles. The number of benzene rings is 3. The van der Waals surface area contributed by atoms with Crippen LogP contribution in [0.25, 0.3) is 0 Å². The van der Waals surface area contributed by atoms with Gasteiger partial charge >= 0.3 is 21.7 Å². The molecule has 3 aromatic carbocycles. The Hall–Kier alpha value is -1.06. The Morgan fingerprint density at radius 2 is 0.951 bits per heavy atom.